The second kappa shape index (κ2) is 5.18. The Morgan fingerprint density at radius 2 is 2.22 bits per heavy atom. The number of halogens is 1. The summed E-state index contributed by atoms with van der Waals surface area (Å²) in [6.45, 7) is 1.79. The molecule has 2 heterocycles. The minimum absolute atomic E-state index is 0.248. The van der Waals surface area contributed by atoms with Crippen molar-refractivity contribution in [2.75, 3.05) is 0 Å². The zero-order chi connectivity index (χ0) is 16.1. The molecule has 3 aromatic rings. The minimum Gasteiger partial charge on any atom is -0.322 e. The topological polar surface area (TPSA) is 89.6 Å². The summed E-state index contributed by atoms with van der Waals surface area (Å²) >= 11 is 6.21. The van der Waals surface area contributed by atoms with Crippen LogP contribution in [0.15, 0.2) is 29.1 Å². The van der Waals surface area contributed by atoms with Crippen LogP contribution in [0, 0.1) is 0 Å². The van der Waals surface area contributed by atoms with Crippen LogP contribution in [0.3, 0.4) is 0 Å². The second-order valence-corrected chi connectivity index (χ2v) is 6.40. The van der Waals surface area contributed by atoms with Crippen LogP contribution in [0.25, 0.3) is 16.7 Å². The number of nitrogens with two attached hydrogens (primary N) is 1. The quantitative estimate of drug-likeness (QED) is 0.773. The normalized spacial score (nSPS) is 16.0. The highest BCUT2D eigenvalue weighted by molar-refractivity contribution is 6.35. The van der Waals surface area contributed by atoms with E-state index in [0.717, 1.165) is 18.5 Å². The standard InChI is InChI=1S/C16H16ClN5O/c1-8(18)15-19-11-4-2-3-10(17)14(11)16(23)22(15)13-7-12(20-21-13)9-5-6-9/h2-4,7-9H,5-6,18H2,1H3,(H,20,21). The predicted octanol–water partition coefficient (Wildman–Crippen LogP) is 2.66. The first-order valence-electron chi connectivity index (χ1n) is 7.58. The Bertz CT molecular complexity index is 955. The van der Waals surface area contributed by atoms with Crippen LogP contribution in [0.4, 0.5) is 0 Å². The van der Waals surface area contributed by atoms with Gasteiger partial charge in [-0.05, 0) is 31.9 Å². The Labute approximate surface area is 137 Å². The maximum Gasteiger partial charge on any atom is 0.268 e. The molecule has 2 aromatic heterocycles. The van der Waals surface area contributed by atoms with Crippen molar-refractivity contribution in [2.45, 2.75) is 31.7 Å². The highest BCUT2D eigenvalue weighted by atomic mass is 35.5. The number of aromatic amines is 1. The average molecular weight is 330 g/mol. The molecule has 1 unspecified atom stereocenters. The molecule has 118 valence electrons. The number of nitrogens with one attached hydrogen (secondary N) is 1. The lowest BCUT2D eigenvalue weighted by Crippen LogP contribution is -2.28. The van der Waals surface area contributed by atoms with Crippen molar-refractivity contribution < 1.29 is 0 Å². The van der Waals surface area contributed by atoms with E-state index in [1.165, 1.54) is 4.57 Å². The van der Waals surface area contributed by atoms with Gasteiger partial charge in [-0.15, -0.1) is 0 Å². The Morgan fingerprint density at radius 3 is 2.91 bits per heavy atom. The lowest BCUT2D eigenvalue weighted by molar-refractivity contribution is 0.687. The molecule has 0 spiro atoms. The molecule has 7 heteroatoms. The van der Waals surface area contributed by atoms with Gasteiger partial charge in [0.25, 0.3) is 5.56 Å². The fourth-order valence-corrected chi connectivity index (χ4v) is 3.03. The van der Waals surface area contributed by atoms with Crippen LogP contribution < -0.4 is 11.3 Å². The Morgan fingerprint density at radius 1 is 1.43 bits per heavy atom. The molecule has 0 radical (unpaired) electrons. The van der Waals surface area contributed by atoms with E-state index in [0.29, 0.717) is 33.5 Å². The molecule has 0 saturated heterocycles. The summed E-state index contributed by atoms with van der Waals surface area (Å²) < 4.78 is 1.46. The van der Waals surface area contributed by atoms with E-state index in [4.69, 9.17) is 17.3 Å². The highest BCUT2D eigenvalue weighted by Gasteiger charge is 2.27. The minimum atomic E-state index is -0.410. The summed E-state index contributed by atoms with van der Waals surface area (Å²) in [4.78, 5) is 17.5. The van der Waals surface area contributed by atoms with E-state index in [9.17, 15) is 4.79 Å². The van der Waals surface area contributed by atoms with E-state index in [1.807, 2.05) is 6.07 Å². The van der Waals surface area contributed by atoms with E-state index >= 15 is 0 Å². The molecule has 6 nitrogen and oxygen atoms in total. The van der Waals surface area contributed by atoms with Crippen LogP contribution in [0.5, 0.6) is 0 Å². The van der Waals surface area contributed by atoms with Crippen molar-refractivity contribution in [3.8, 4) is 5.82 Å². The van der Waals surface area contributed by atoms with Crippen molar-refractivity contribution in [2.24, 2.45) is 5.73 Å². The van der Waals surface area contributed by atoms with Crippen molar-refractivity contribution in [1.82, 2.24) is 19.7 Å². The molecule has 0 bridgehead atoms. The number of H-pyrrole nitrogens is 1. The first-order chi connectivity index (χ1) is 11.1. The van der Waals surface area contributed by atoms with Crippen LogP contribution in [-0.4, -0.2) is 19.7 Å². The van der Waals surface area contributed by atoms with Gasteiger partial charge in [0.05, 0.1) is 22.0 Å². The molecular formula is C16H16ClN5O. The first kappa shape index (κ1) is 14.4. The lowest BCUT2D eigenvalue weighted by atomic mass is 10.2. The number of benzene rings is 1. The van der Waals surface area contributed by atoms with Crippen LogP contribution >= 0.6 is 11.6 Å². The Balaban J connectivity index is 2.02. The van der Waals surface area contributed by atoms with Crippen molar-refractivity contribution >= 4 is 22.5 Å². The molecular weight excluding hydrogens is 314 g/mol. The average Bonchev–Trinajstić information content (AvgIpc) is 3.25. The van der Waals surface area contributed by atoms with Gasteiger partial charge >= 0.3 is 0 Å². The van der Waals surface area contributed by atoms with Crippen molar-refractivity contribution in [3.63, 3.8) is 0 Å². The van der Waals surface area contributed by atoms with Crippen LogP contribution in [-0.2, 0) is 0 Å². The molecule has 0 aliphatic heterocycles. The second-order valence-electron chi connectivity index (χ2n) is 5.99. The number of hydrogen-bond donors (Lipinski definition) is 2. The van der Waals surface area contributed by atoms with Crippen LogP contribution in [0.1, 0.15) is 43.2 Å². The number of aromatic nitrogens is 4. The fourth-order valence-electron chi connectivity index (χ4n) is 2.78. The molecule has 1 aliphatic carbocycles. The van der Waals surface area contributed by atoms with Crippen molar-refractivity contribution in [1.29, 1.82) is 0 Å². The number of fused-ring (bicyclic) bond motifs is 1. The smallest absolute Gasteiger partial charge is 0.268 e. The first-order valence-corrected chi connectivity index (χ1v) is 7.96. The Kier molecular flexibility index (Phi) is 3.25. The zero-order valence-corrected chi connectivity index (χ0v) is 13.3. The molecule has 4 rings (SSSR count). The SMILES string of the molecule is CC(N)c1nc2cccc(Cl)c2c(=O)n1-c1cc(C2CC2)[nH]n1. The third-order valence-corrected chi connectivity index (χ3v) is 4.43. The van der Waals surface area contributed by atoms with Gasteiger partial charge in [0, 0.05) is 17.7 Å². The maximum absolute atomic E-state index is 13.0. The summed E-state index contributed by atoms with van der Waals surface area (Å²) in [6, 6.07) is 6.70. The third-order valence-electron chi connectivity index (χ3n) is 4.11. The molecule has 1 atom stereocenters. The summed E-state index contributed by atoms with van der Waals surface area (Å²) in [7, 11) is 0. The van der Waals surface area contributed by atoms with E-state index in [1.54, 1.807) is 25.1 Å². The molecule has 23 heavy (non-hydrogen) atoms. The third kappa shape index (κ3) is 2.34. The monoisotopic (exact) mass is 329 g/mol. The molecule has 3 N–H and O–H groups in total. The van der Waals surface area contributed by atoms with Crippen LogP contribution in [0.2, 0.25) is 5.02 Å². The number of hydrogen-bond acceptors (Lipinski definition) is 4. The molecule has 1 aliphatic rings. The van der Waals surface area contributed by atoms with Gasteiger partial charge in [-0.3, -0.25) is 9.89 Å². The molecule has 1 fully saturated rings. The van der Waals surface area contributed by atoms with E-state index < -0.39 is 6.04 Å². The molecule has 1 saturated carbocycles. The highest BCUT2D eigenvalue weighted by Crippen LogP contribution is 2.39. The van der Waals surface area contributed by atoms with Gasteiger partial charge in [0.2, 0.25) is 0 Å². The Hall–Kier alpha value is -2.18. The van der Waals surface area contributed by atoms with E-state index in [2.05, 4.69) is 15.2 Å². The predicted molar refractivity (Wildman–Crippen MR) is 89.1 cm³/mol. The van der Waals surface area contributed by atoms with Gasteiger partial charge in [-0.2, -0.15) is 5.10 Å². The van der Waals surface area contributed by atoms with E-state index in [-0.39, 0.29) is 5.56 Å². The number of rotatable bonds is 3. The van der Waals surface area contributed by atoms with Gasteiger partial charge in [-0.25, -0.2) is 9.55 Å². The molecule has 1 aromatic carbocycles. The summed E-state index contributed by atoms with van der Waals surface area (Å²) in [5.41, 5.74) is 7.38. The largest absolute Gasteiger partial charge is 0.322 e. The van der Waals surface area contributed by atoms with Crippen molar-refractivity contribution in [3.05, 3.63) is 51.2 Å². The maximum atomic E-state index is 13.0. The fraction of sp³-hybridized carbons (Fsp3) is 0.312. The number of nitrogens with zero attached hydrogens (tertiary/aromatic N) is 3. The summed E-state index contributed by atoms with van der Waals surface area (Å²) in [6.07, 6.45) is 2.30. The summed E-state index contributed by atoms with van der Waals surface area (Å²) in [5.74, 6) is 1.50. The van der Waals surface area contributed by atoms with Gasteiger partial charge in [0.15, 0.2) is 5.82 Å². The zero-order valence-electron chi connectivity index (χ0n) is 12.6. The lowest BCUT2D eigenvalue weighted by Gasteiger charge is -2.14. The summed E-state index contributed by atoms with van der Waals surface area (Å²) in [5, 5.41) is 8.06. The van der Waals surface area contributed by atoms with Gasteiger partial charge in [-0.1, -0.05) is 17.7 Å². The van der Waals surface area contributed by atoms with Gasteiger partial charge < -0.3 is 5.73 Å². The molecule has 0 amide bonds. The van der Waals surface area contributed by atoms with Gasteiger partial charge in [0.1, 0.15) is 5.82 Å².